The summed E-state index contributed by atoms with van der Waals surface area (Å²) in [5, 5.41) is 13.2. The third kappa shape index (κ3) is 3.68. The molecular formula is C11H11BrN2O5. The van der Waals surface area contributed by atoms with Crippen LogP contribution in [-0.4, -0.2) is 24.7 Å². The zero-order valence-corrected chi connectivity index (χ0v) is 11.6. The van der Waals surface area contributed by atoms with Crippen LogP contribution in [0, 0.1) is 10.1 Å². The minimum atomic E-state index is -0.829. The summed E-state index contributed by atoms with van der Waals surface area (Å²) in [7, 11) is 1.16. The molecule has 0 saturated carbocycles. The van der Waals surface area contributed by atoms with E-state index in [1.165, 1.54) is 18.2 Å². The van der Waals surface area contributed by atoms with Gasteiger partial charge < -0.3 is 9.47 Å². The zero-order chi connectivity index (χ0) is 14.4. The van der Waals surface area contributed by atoms with Crippen LogP contribution in [0.25, 0.3) is 0 Å². The first-order valence-electron chi connectivity index (χ1n) is 5.06. The van der Waals surface area contributed by atoms with Crippen molar-refractivity contribution in [1.82, 2.24) is 0 Å². The van der Waals surface area contributed by atoms with Crippen molar-refractivity contribution in [2.24, 2.45) is 0 Å². The molecule has 1 aromatic rings. The zero-order valence-electron chi connectivity index (χ0n) is 10.0. The summed E-state index contributed by atoms with van der Waals surface area (Å²) in [5.74, 6) is 0.138. The molecule has 1 rings (SSSR count). The number of rotatable bonds is 5. The van der Waals surface area contributed by atoms with E-state index in [0.717, 1.165) is 7.11 Å². The highest BCUT2D eigenvalue weighted by molar-refractivity contribution is 9.10. The number of amides is 1. The van der Waals surface area contributed by atoms with Crippen LogP contribution in [-0.2, 0) is 4.74 Å². The Morgan fingerprint density at radius 3 is 2.84 bits per heavy atom. The van der Waals surface area contributed by atoms with Crippen molar-refractivity contribution in [3.05, 3.63) is 39.4 Å². The summed E-state index contributed by atoms with van der Waals surface area (Å²) in [5.41, 5.74) is -0.374. The van der Waals surface area contributed by atoms with Gasteiger partial charge in [0.2, 0.25) is 0 Å². The number of nitrogens with zero attached hydrogens (tertiary/aromatic N) is 1. The number of ether oxygens (including phenoxy) is 2. The van der Waals surface area contributed by atoms with Gasteiger partial charge in [-0.2, -0.15) is 0 Å². The van der Waals surface area contributed by atoms with Crippen LogP contribution >= 0.6 is 15.9 Å². The summed E-state index contributed by atoms with van der Waals surface area (Å²) in [6.45, 7) is 3.62. The minimum Gasteiger partial charge on any atom is -0.486 e. The molecule has 8 heteroatoms. The summed E-state index contributed by atoms with van der Waals surface area (Å²) >= 11 is 3.20. The Kier molecular flexibility index (Phi) is 5.31. The van der Waals surface area contributed by atoms with Gasteiger partial charge in [0.25, 0.3) is 5.69 Å². The van der Waals surface area contributed by atoms with E-state index in [-0.39, 0.29) is 23.7 Å². The number of anilines is 1. The van der Waals surface area contributed by atoms with Crippen molar-refractivity contribution in [1.29, 1.82) is 0 Å². The Hall–Kier alpha value is -2.09. The number of nitrogens with one attached hydrogen (secondary N) is 1. The van der Waals surface area contributed by atoms with E-state index in [0.29, 0.717) is 4.47 Å². The lowest BCUT2D eigenvalue weighted by atomic mass is 10.2. The molecule has 0 aliphatic rings. The third-order valence-corrected chi connectivity index (χ3v) is 2.67. The van der Waals surface area contributed by atoms with Gasteiger partial charge in [0.1, 0.15) is 6.61 Å². The van der Waals surface area contributed by atoms with Crippen molar-refractivity contribution >= 4 is 33.4 Å². The molecular weight excluding hydrogens is 320 g/mol. The highest BCUT2D eigenvalue weighted by atomic mass is 79.9. The summed E-state index contributed by atoms with van der Waals surface area (Å²) in [6, 6.07) is 2.70. The molecule has 0 aliphatic carbocycles. The smallest absolute Gasteiger partial charge is 0.411 e. The quantitative estimate of drug-likeness (QED) is 0.509. The number of methoxy groups -OCH3 is 1. The van der Waals surface area contributed by atoms with Crippen LogP contribution in [0.15, 0.2) is 29.3 Å². The SMILES string of the molecule is C=CCOc1c(Br)ccc([N+](=O)[O-])c1NC(=O)OC. The van der Waals surface area contributed by atoms with Gasteiger partial charge in [-0.1, -0.05) is 12.7 Å². The maximum absolute atomic E-state index is 11.2. The Morgan fingerprint density at radius 2 is 2.32 bits per heavy atom. The summed E-state index contributed by atoms with van der Waals surface area (Å²) < 4.78 is 10.2. The Bertz CT molecular complexity index is 518. The van der Waals surface area contributed by atoms with E-state index in [4.69, 9.17) is 4.74 Å². The lowest BCUT2D eigenvalue weighted by molar-refractivity contribution is -0.384. The van der Waals surface area contributed by atoms with Crippen molar-refractivity contribution in [3.8, 4) is 5.75 Å². The topological polar surface area (TPSA) is 90.7 Å². The molecule has 0 fully saturated rings. The molecule has 0 saturated heterocycles. The van der Waals surface area contributed by atoms with Gasteiger partial charge in [0.05, 0.1) is 16.5 Å². The Balaban J connectivity index is 3.31. The fraction of sp³-hybridized carbons (Fsp3) is 0.182. The van der Waals surface area contributed by atoms with Gasteiger partial charge >= 0.3 is 6.09 Å². The van der Waals surface area contributed by atoms with Crippen LogP contribution < -0.4 is 10.1 Å². The molecule has 7 nitrogen and oxygen atoms in total. The third-order valence-electron chi connectivity index (χ3n) is 2.04. The molecule has 1 amide bonds. The predicted octanol–water partition coefficient (Wildman–Crippen LogP) is 3.10. The van der Waals surface area contributed by atoms with Crippen LogP contribution in [0.3, 0.4) is 0 Å². The molecule has 0 aromatic heterocycles. The van der Waals surface area contributed by atoms with Crippen molar-refractivity contribution in [2.75, 3.05) is 19.0 Å². The number of benzene rings is 1. The number of hydrogen-bond donors (Lipinski definition) is 1. The Morgan fingerprint density at radius 1 is 1.63 bits per heavy atom. The molecule has 102 valence electrons. The number of nitro groups is 1. The molecule has 1 aromatic carbocycles. The lowest BCUT2D eigenvalue weighted by Gasteiger charge is -2.12. The largest absolute Gasteiger partial charge is 0.486 e. The second-order valence-corrected chi connectivity index (χ2v) is 4.10. The number of halogens is 1. The van der Waals surface area contributed by atoms with Gasteiger partial charge in [-0.15, -0.1) is 0 Å². The van der Waals surface area contributed by atoms with Crippen LogP contribution in [0.5, 0.6) is 5.75 Å². The molecule has 0 heterocycles. The molecule has 19 heavy (non-hydrogen) atoms. The lowest BCUT2D eigenvalue weighted by Crippen LogP contribution is -2.14. The number of hydrogen-bond acceptors (Lipinski definition) is 5. The average Bonchev–Trinajstić information content (AvgIpc) is 2.37. The number of carbonyl (C=O) groups excluding carboxylic acids is 1. The first-order valence-corrected chi connectivity index (χ1v) is 5.86. The predicted molar refractivity (Wildman–Crippen MR) is 72.5 cm³/mol. The summed E-state index contributed by atoms with van der Waals surface area (Å²) in [4.78, 5) is 21.6. The molecule has 0 unspecified atom stereocenters. The van der Waals surface area contributed by atoms with Gasteiger partial charge in [-0.05, 0) is 22.0 Å². The molecule has 0 aliphatic heterocycles. The highest BCUT2D eigenvalue weighted by Gasteiger charge is 2.23. The maximum atomic E-state index is 11.2. The molecule has 0 spiro atoms. The molecule has 0 atom stereocenters. The van der Waals surface area contributed by atoms with Gasteiger partial charge in [-0.25, -0.2) is 4.79 Å². The Labute approximate surface area is 117 Å². The van der Waals surface area contributed by atoms with E-state index >= 15 is 0 Å². The van der Waals surface area contributed by atoms with E-state index in [9.17, 15) is 14.9 Å². The van der Waals surface area contributed by atoms with E-state index < -0.39 is 11.0 Å². The molecule has 0 radical (unpaired) electrons. The number of carbonyl (C=O) groups is 1. The minimum absolute atomic E-state index is 0.0759. The van der Waals surface area contributed by atoms with Crippen molar-refractivity contribution in [2.45, 2.75) is 0 Å². The fourth-order valence-corrected chi connectivity index (χ4v) is 1.70. The number of nitro benzene ring substituents is 1. The van der Waals surface area contributed by atoms with Crippen LogP contribution in [0.4, 0.5) is 16.2 Å². The average molecular weight is 331 g/mol. The van der Waals surface area contributed by atoms with E-state index in [2.05, 4.69) is 32.6 Å². The van der Waals surface area contributed by atoms with E-state index in [1.807, 2.05) is 0 Å². The first kappa shape index (κ1) is 15.0. The summed E-state index contributed by atoms with van der Waals surface area (Å²) in [6.07, 6.45) is 0.650. The standard InChI is InChI=1S/C11H11BrN2O5/c1-3-6-19-10-7(12)4-5-8(14(16)17)9(10)13-11(15)18-2/h3-5H,1,6H2,2H3,(H,13,15). The van der Waals surface area contributed by atoms with Gasteiger partial charge in [0, 0.05) is 6.07 Å². The van der Waals surface area contributed by atoms with Gasteiger partial charge in [0.15, 0.2) is 11.4 Å². The second kappa shape index (κ2) is 6.74. The van der Waals surface area contributed by atoms with Crippen molar-refractivity contribution in [3.63, 3.8) is 0 Å². The van der Waals surface area contributed by atoms with E-state index in [1.54, 1.807) is 0 Å². The maximum Gasteiger partial charge on any atom is 0.411 e. The second-order valence-electron chi connectivity index (χ2n) is 3.24. The molecule has 0 bridgehead atoms. The fourth-order valence-electron chi connectivity index (χ4n) is 1.26. The first-order chi connectivity index (χ1) is 9.01. The monoisotopic (exact) mass is 330 g/mol. The van der Waals surface area contributed by atoms with Crippen molar-refractivity contribution < 1.29 is 19.2 Å². The van der Waals surface area contributed by atoms with Crippen LogP contribution in [0.2, 0.25) is 0 Å². The van der Waals surface area contributed by atoms with Gasteiger partial charge in [-0.3, -0.25) is 15.4 Å². The molecule has 1 N–H and O–H groups in total. The highest BCUT2D eigenvalue weighted by Crippen LogP contribution is 2.40. The van der Waals surface area contributed by atoms with Crippen LogP contribution in [0.1, 0.15) is 0 Å². The normalized spacial score (nSPS) is 9.58.